The van der Waals surface area contributed by atoms with E-state index in [4.69, 9.17) is 4.52 Å². The van der Waals surface area contributed by atoms with Gasteiger partial charge in [0.1, 0.15) is 11.4 Å². The Kier molecular flexibility index (Phi) is 6.97. The third-order valence-corrected chi connectivity index (χ3v) is 7.45. The fourth-order valence-electron chi connectivity index (χ4n) is 4.89. The average Bonchev–Trinajstić information content (AvgIpc) is 3.67. The Morgan fingerprint density at radius 3 is 2.23 bits per heavy atom. The van der Waals surface area contributed by atoms with Crippen LogP contribution in [0.2, 0.25) is 0 Å². The van der Waals surface area contributed by atoms with Gasteiger partial charge in [-0.2, -0.15) is 13.2 Å². The van der Waals surface area contributed by atoms with Gasteiger partial charge in [0, 0.05) is 11.6 Å². The molecular formula is C31H29F3N2O3. The van der Waals surface area contributed by atoms with Crippen LogP contribution >= 0.6 is 0 Å². The normalized spacial score (nSPS) is 15.1. The van der Waals surface area contributed by atoms with Crippen LogP contribution in [0.4, 0.5) is 18.9 Å². The Hall–Kier alpha value is -4.07. The average molecular weight is 535 g/mol. The van der Waals surface area contributed by atoms with Gasteiger partial charge in [0.05, 0.1) is 11.0 Å². The summed E-state index contributed by atoms with van der Waals surface area (Å²) in [7, 11) is 0. The van der Waals surface area contributed by atoms with Crippen molar-refractivity contribution in [2.75, 3.05) is 5.32 Å². The molecule has 1 aliphatic rings. The number of rotatable bonds is 9. The number of carboxylic acids is 1. The van der Waals surface area contributed by atoms with E-state index >= 15 is 0 Å². The van der Waals surface area contributed by atoms with Crippen LogP contribution in [0.3, 0.4) is 0 Å². The van der Waals surface area contributed by atoms with Crippen molar-refractivity contribution in [2.45, 2.75) is 57.2 Å². The number of halogens is 3. The zero-order valence-electron chi connectivity index (χ0n) is 21.7. The summed E-state index contributed by atoms with van der Waals surface area (Å²) in [5.74, 6) is -0.172. The largest absolute Gasteiger partial charge is 0.481 e. The molecule has 1 saturated carbocycles. The minimum atomic E-state index is -4.35. The second-order valence-corrected chi connectivity index (χ2v) is 10.3. The first-order valence-corrected chi connectivity index (χ1v) is 12.9. The Morgan fingerprint density at radius 2 is 1.64 bits per heavy atom. The van der Waals surface area contributed by atoms with Crippen LogP contribution in [-0.2, 0) is 22.8 Å². The second kappa shape index (κ2) is 10.2. The number of carboxylic acid groups (broad SMARTS) is 1. The van der Waals surface area contributed by atoms with Gasteiger partial charge in [-0.1, -0.05) is 71.9 Å². The van der Waals surface area contributed by atoms with E-state index in [1.54, 1.807) is 6.07 Å². The minimum Gasteiger partial charge on any atom is -0.481 e. The Balaban J connectivity index is 1.26. The Labute approximate surface area is 224 Å². The molecule has 1 heterocycles. The molecule has 1 atom stereocenters. The van der Waals surface area contributed by atoms with Crippen molar-refractivity contribution in [3.05, 3.63) is 95.2 Å². The smallest absolute Gasteiger partial charge is 0.416 e. The molecule has 3 aromatic carbocycles. The van der Waals surface area contributed by atoms with Crippen molar-refractivity contribution in [1.29, 1.82) is 0 Å². The predicted molar refractivity (Wildman–Crippen MR) is 144 cm³/mol. The maximum absolute atomic E-state index is 13.0. The third-order valence-electron chi connectivity index (χ3n) is 7.45. The van der Waals surface area contributed by atoms with Gasteiger partial charge < -0.3 is 14.9 Å². The number of alkyl halides is 3. The lowest BCUT2D eigenvalue weighted by Gasteiger charge is -2.16. The summed E-state index contributed by atoms with van der Waals surface area (Å²) in [5.41, 5.74) is 4.39. The number of carbonyl (C=O) groups is 1. The molecule has 0 radical (unpaired) electrons. The highest BCUT2D eigenvalue weighted by Gasteiger charge is 2.51. The van der Waals surface area contributed by atoms with E-state index in [0.29, 0.717) is 42.7 Å². The summed E-state index contributed by atoms with van der Waals surface area (Å²) in [6.45, 7) is 3.82. The maximum atomic E-state index is 13.0. The third kappa shape index (κ3) is 5.55. The Morgan fingerprint density at radius 1 is 1.03 bits per heavy atom. The SMILES string of the molecule is Cc1noc(-c2ccc(-c3ccc(C4(C(=O)O)CC4)cc3)cc2)c1NC(C)CCc1cccc(C(F)(F)F)c1. The lowest BCUT2D eigenvalue weighted by atomic mass is 9.93. The fourth-order valence-corrected chi connectivity index (χ4v) is 4.89. The molecule has 0 aliphatic heterocycles. The van der Waals surface area contributed by atoms with Crippen LogP contribution in [-0.4, -0.2) is 22.3 Å². The molecule has 1 unspecified atom stereocenters. The van der Waals surface area contributed by atoms with Crippen LogP contribution in [0.15, 0.2) is 77.3 Å². The maximum Gasteiger partial charge on any atom is 0.416 e. The summed E-state index contributed by atoms with van der Waals surface area (Å²) in [4.78, 5) is 11.6. The number of anilines is 1. The number of aromatic nitrogens is 1. The topological polar surface area (TPSA) is 75.4 Å². The summed E-state index contributed by atoms with van der Waals surface area (Å²) in [6, 6.07) is 20.9. The second-order valence-electron chi connectivity index (χ2n) is 10.3. The Bertz CT molecular complexity index is 1470. The molecule has 0 saturated heterocycles. The molecule has 5 rings (SSSR count). The lowest BCUT2D eigenvalue weighted by Crippen LogP contribution is -2.19. The van der Waals surface area contributed by atoms with Crippen molar-refractivity contribution in [3.8, 4) is 22.5 Å². The standard InChI is InChI=1S/C31H29F3N2O3/c1-19(6-7-21-4-3-5-26(18-21)31(32,33)34)35-27-20(2)36-39-28(27)24-10-8-22(9-11-24)23-12-14-25(15-13-23)30(16-17-30)29(37)38/h3-5,8-15,18-19,35H,6-7,16-17H2,1-2H3,(H,37,38). The zero-order chi connectivity index (χ0) is 27.8. The predicted octanol–water partition coefficient (Wildman–Crippen LogP) is 7.89. The van der Waals surface area contributed by atoms with Crippen LogP contribution < -0.4 is 5.32 Å². The molecule has 2 N–H and O–H groups in total. The zero-order valence-corrected chi connectivity index (χ0v) is 21.7. The highest BCUT2D eigenvalue weighted by Crippen LogP contribution is 2.48. The van der Waals surface area contributed by atoms with Crippen molar-refractivity contribution in [3.63, 3.8) is 0 Å². The van der Waals surface area contributed by atoms with E-state index in [-0.39, 0.29) is 6.04 Å². The van der Waals surface area contributed by atoms with Gasteiger partial charge in [0.2, 0.25) is 0 Å². The first-order chi connectivity index (χ1) is 18.6. The van der Waals surface area contributed by atoms with Gasteiger partial charge in [-0.05, 0) is 67.9 Å². The van der Waals surface area contributed by atoms with Gasteiger partial charge in [-0.25, -0.2) is 0 Å². The van der Waals surface area contributed by atoms with E-state index in [2.05, 4.69) is 10.5 Å². The van der Waals surface area contributed by atoms with Gasteiger partial charge in [0.25, 0.3) is 0 Å². The summed E-state index contributed by atoms with van der Waals surface area (Å²) < 4.78 is 44.7. The molecule has 1 aromatic heterocycles. The van der Waals surface area contributed by atoms with Crippen molar-refractivity contribution in [1.82, 2.24) is 5.16 Å². The molecule has 5 nitrogen and oxygen atoms in total. The first-order valence-electron chi connectivity index (χ1n) is 12.9. The minimum absolute atomic E-state index is 0.0326. The van der Waals surface area contributed by atoms with Crippen LogP contribution in [0.1, 0.15) is 48.6 Å². The van der Waals surface area contributed by atoms with E-state index in [1.807, 2.05) is 62.4 Å². The molecule has 1 aliphatic carbocycles. The summed E-state index contributed by atoms with van der Waals surface area (Å²) in [6.07, 6.45) is -1.88. The van der Waals surface area contributed by atoms with E-state index in [0.717, 1.165) is 34.0 Å². The van der Waals surface area contributed by atoms with Crippen LogP contribution in [0.5, 0.6) is 0 Å². The molecule has 8 heteroatoms. The van der Waals surface area contributed by atoms with Gasteiger partial charge in [0.15, 0.2) is 5.76 Å². The van der Waals surface area contributed by atoms with Gasteiger partial charge >= 0.3 is 12.1 Å². The molecule has 39 heavy (non-hydrogen) atoms. The fraction of sp³-hybridized carbons (Fsp3) is 0.290. The molecule has 202 valence electrons. The molecular weight excluding hydrogens is 505 g/mol. The summed E-state index contributed by atoms with van der Waals surface area (Å²) >= 11 is 0. The van der Waals surface area contributed by atoms with Gasteiger partial charge in [-0.15, -0.1) is 0 Å². The highest BCUT2D eigenvalue weighted by molar-refractivity contribution is 5.85. The number of benzene rings is 3. The lowest BCUT2D eigenvalue weighted by molar-refractivity contribution is -0.140. The number of hydrogen-bond acceptors (Lipinski definition) is 4. The number of nitrogens with zero attached hydrogens (tertiary/aromatic N) is 1. The monoisotopic (exact) mass is 534 g/mol. The highest BCUT2D eigenvalue weighted by atomic mass is 19.4. The number of nitrogens with one attached hydrogen (secondary N) is 1. The van der Waals surface area contributed by atoms with Gasteiger partial charge in [-0.3, -0.25) is 4.79 Å². The van der Waals surface area contributed by atoms with E-state index in [9.17, 15) is 23.1 Å². The number of aryl methyl sites for hydroxylation is 2. The number of aliphatic carboxylic acids is 1. The molecule has 4 aromatic rings. The first kappa shape index (κ1) is 26.5. The molecule has 0 amide bonds. The van der Waals surface area contributed by atoms with Crippen molar-refractivity contribution in [2.24, 2.45) is 0 Å². The molecule has 0 bridgehead atoms. The quantitative estimate of drug-likeness (QED) is 0.228. The van der Waals surface area contributed by atoms with Crippen LogP contribution in [0, 0.1) is 6.92 Å². The number of hydrogen-bond donors (Lipinski definition) is 2. The van der Waals surface area contributed by atoms with E-state index < -0.39 is 23.1 Å². The molecule has 1 fully saturated rings. The summed E-state index contributed by atoms with van der Waals surface area (Å²) in [5, 5.41) is 17.1. The van der Waals surface area contributed by atoms with E-state index in [1.165, 1.54) is 12.1 Å². The van der Waals surface area contributed by atoms with Crippen molar-refractivity contribution < 1.29 is 27.6 Å². The molecule has 0 spiro atoms. The van der Waals surface area contributed by atoms with Crippen molar-refractivity contribution >= 4 is 11.7 Å². The van der Waals surface area contributed by atoms with Crippen LogP contribution in [0.25, 0.3) is 22.5 Å².